The number of carboxylic acids is 1. The molecule has 0 saturated carbocycles. The summed E-state index contributed by atoms with van der Waals surface area (Å²) < 4.78 is 27.9. The molecule has 3 rings (SSSR count). The normalized spacial score (nSPS) is 11.9. The first kappa shape index (κ1) is 46.6. The summed E-state index contributed by atoms with van der Waals surface area (Å²) in [4.78, 5) is 43.4. The second kappa shape index (κ2) is 27.8. The minimum Gasteiger partial charge on any atom is -0.491 e. The number of nitrogens with one attached hydrogen (secondary N) is 3. The Morgan fingerprint density at radius 2 is 1.60 bits per heavy atom. The van der Waals surface area contributed by atoms with Crippen LogP contribution in [-0.2, 0) is 33.3 Å². The SMILES string of the molecule is C=C(/C=C\C=C(/C)c1ccc(OCCOCCOCCOCCOCCN=[N+]=[N-])c2ccccc12)[C@H](CC(=O)O)NC(=O)CNC(=O)CCCNc1cc(C)ccn1. The first-order valence-electron chi connectivity index (χ1n) is 19.1. The van der Waals surface area contributed by atoms with Gasteiger partial charge in [-0.3, -0.25) is 14.4 Å². The molecule has 0 fully saturated rings. The Hall–Kier alpha value is -5.77. The zero-order valence-corrected chi connectivity index (χ0v) is 33.3. The van der Waals surface area contributed by atoms with Crippen molar-refractivity contribution in [1.29, 1.82) is 0 Å². The molecule has 16 nitrogen and oxygen atoms in total. The molecule has 0 radical (unpaired) electrons. The molecule has 0 bridgehead atoms. The van der Waals surface area contributed by atoms with E-state index in [1.807, 2.05) is 68.5 Å². The molecule has 0 unspecified atom stereocenters. The molecular formula is C42H55N7O9. The summed E-state index contributed by atoms with van der Waals surface area (Å²) in [6.45, 7) is 12.2. The standard InChI is InChI=1S/C42H55N7O9/c1-31-15-17-45-39(28-31)44-16-7-12-40(50)46-30-41(51)48-37(29-42(52)53)33(3)9-6-8-32(2)34-13-14-38(36-11-5-4-10-35(34)36)58-27-26-57-25-24-56-23-22-55-21-20-54-19-18-47-49-43/h4-6,8-11,13-15,17,28,37H,3,7,12,16,18-27,29-30H2,1-2H3,(H,44,45)(H,46,50)(H,48,51)(H,52,53)/b9-6-,32-8+/t37-/m0/s1. The van der Waals surface area contributed by atoms with Gasteiger partial charge in [-0.2, -0.15) is 0 Å². The van der Waals surface area contributed by atoms with Crippen molar-refractivity contribution in [1.82, 2.24) is 15.6 Å². The number of anilines is 1. The van der Waals surface area contributed by atoms with E-state index >= 15 is 0 Å². The summed E-state index contributed by atoms with van der Waals surface area (Å²) in [5.74, 6) is -0.447. The fourth-order valence-electron chi connectivity index (χ4n) is 5.45. The van der Waals surface area contributed by atoms with Crippen molar-refractivity contribution in [2.24, 2.45) is 5.11 Å². The Morgan fingerprint density at radius 3 is 2.28 bits per heavy atom. The molecule has 2 amide bonds. The van der Waals surface area contributed by atoms with Crippen LogP contribution in [0.5, 0.6) is 5.75 Å². The number of carbonyl (C=O) groups is 3. The first-order chi connectivity index (χ1) is 28.2. The lowest BCUT2D eigenvalue weighted by atomic mass is 9.98. The Balaban J connectivity index is 1.40. The lowest BCUT2D eigenvalue weighted by Gasteiger charge is -2.18. The lowest BCUT2D eigenvalue weighted by Crippen LogP contribution is -2.43. The molecule has 0 aliphatic heterocycles. The van der Waals surface area contributed by atoms with Gasteiger partial charge in [0.05, 0.1) is 71.9 Å². The maximum absolute atomic E-state index is 12.7. The predicted molar refractivity (Wildman–Crippen MR) is 223 cm³/mol. The lowest BCUT2D eigenvalue weighted by molar-refractivity contribution is -0.137. The Bertz CT molecular complexity index is 1880. The van der Waals surface area contributed by atoms with Crippen LogP contribution in [0.4, 0.5) is 5.82 Å². The molecule has 0 aliphatic rings. The van der Waals surface area contributed by atoms with Crippen molar-refractivity contribution in [3.63, 3.8) is 0 Å². The van der Waals surface area contributed by atoms with Crippen LogP contribution in [0, 0.1) is 6.92 Å². The summed E-state index contributed by atoms with van der Waals surface area (Å²) in [5, 5.41) is 23.2. The average Bonchev–Trinajstić information content (AvgIpc) is 3.21. The average molecular weight is 802 g/mol. The maximum atomic E-state index is 12.7. The summed E-state index contributed by atoms with van der Waals surface area (Å²) in [6.07, 6.45) is 7.42. The van der Waals surface area contributed by atoms with Gasteiger partial charge in [0.1, 0.15) is 18.2 Å². The van der Waals surface area contributed by atoms with Crippen LogP contribution in [-0.4, -0.2) is 113 Å². The molecule has 1 aromatic heterocycles. The highest BCUT2D eigenvalue weighted by atomic mass is 16.6. The molecule has 312 valence electrons. The van der Waals surface area contributed by atoms with E-state index in [2.05, 4.69) is 37.5 Å². The number of fused-ring (bicyclic) bond motifs is 1. The molecular weight excluding hydrogens is 747 g/mol. The molecule has 1 heterocycles. The van der Waals surface area contributed by atoms with E-state index in [1.54, 1.807) is 18.3 Å². The van der Waals surface area contributed by atoms with E-state index in [0.717, 1.165) is 39.0 Å². The van der Waals surface area contributed by atoms with Gasteiger partial charge in [0.15, 0.2) is 0 Å². The second-order valence-corrected chi connectivity index (χ2v) is 12.9. The zero-order chi connectivity index (χ0) is 41.8. The van der Waals surface area contributed by atoms with E-state index in [9.17, 15) is 19.5 Å². The number of hydrogen-bond donors (Lipinski definition) is 4. The van der Waals surface area contributed by atoms with Crippen LogP contribution in [0.2, 0.25) is 0 Å². The highest BCUT2D eigenvalue weighted by Crippen LogP contribution is 2.32. The van der Waals surface area contributed by atoms with Gasteiger partial charge in [-0.05, 0) is 71.7 Å². The van der Waals surface area contributed by atoms with E-state index in [1.165, 1.54) is 0 Å². The van der Waals surface area contributed by atoms with Crippen LogP contribution < -0.4 is 20.7 Å². The number of carbonyl (C=O) groups excluding carboxylic acids is 2. The fraction of sp³-hybridized carbons (Fsp3) is 0.429. The topological polar surface area (TPSA) is 215 Å². The molecule has 58 heavy (non-hydrogen) atoms. The van der Waals surface area contributed by atoms with Gasteiger partial charge in [-0.1, -0.05) is 60.3 Å². The van der Waals surface area contributed by atoms with Crippen molar-refractivity contribution in [2.75, 3.05) is 84.4 Å². The third-order valence-electron chi connectivity index (χ3n) is 8.38. The minimum absolute atomic E-state index is 0.212. The number of aliphatic carboxylic acids is 1. The number of aryl methyl sites for hydroxylation is 1. The largest absolute Gasteiger partial charge is 0.491 e. The number of nitrogens with zero attached hydrogens (tertiary/aromatic N) is 4. The van der Waals surface area contributed by atoms with Crippen molar-refractivity contribution in [3.05, 3.63) is 107 Å². The third-order valence-corrected chi connectivity index (χ3v) is 8.38. The van der Waals surface area contributed by atoms with Gasteiger partial charge in [0, 0.05) is 36.0 Å². The molecule has 16 heteroatoms. The zero-order valence-electron chi connectivity index (χ0n) is 33.3. The number of amides is 2. The van der Waals surface area contributed by atoms with Crippen LogP contribution in [0.3, 0.4) is 0 Å². The number of rotatable bonds is 30. The Kier molecular flexibility index (Phi) is 22.3. The number of allylic oxidation sites excluding steroid dienone is 3. The third kappa shape index (κ3) is 18.9. The number of carboxylic acid groups (broad SMARTS) is 1. The molecule has 0 spiro atoms. The van der Waals surface area contributed by atoms with Crippen molar-refractivity contribution in [3.8, 4) is 5.75 Å². The Labute approximate surface area is 339 Å². The number of aromatic nitrogens is 1. The number of azide groups is 1. The van der Waals surface area contributed by atoms with Gasteiger partial charge in [-0.15, -0.1) is 0 Å². The number of pyridine rings is 1. The maximum Gasteiger partial charge on any atom is 0.305 e. The molecule has 2 aromatic carbocycles. The van der Waals surface area contributed by atoms with E-state index in [0.29, 0.717) is 84.5 Å². The van der Waals surface area contributed by atoms with Gasteiger partial charge >= 0.3 is 5.97 Å². The van der Waals surface area contributed by atoms with Gasteiger partial charge < -0.3 is 44.7 Å². The number of benzene rings is 2. The predicted octanol–water partition coefficient (Wildman–Crippen LogP) is 5.78. The van der Waals surface area contributed by atoms with Gasteiger partial charge in [-0.25, -0.2) is 4.98 Å². The second-order valence-electron chi connectivity index (χ2n) is 12.9. The molecule has 3 aromatic rings. The summed E-state index contributed by atoms with van der Waals surface area (Å²) in [7, 11) is 0. The first-order valence-corrected chi connectivity index (χ1v) is 19.1. The molecule has 4 N–H and O–H groups in total. The Morgan fingerprint density at radius 1 is 0.931 bits per heavy atom. The smallest absolute Gasteiger partial charge is 0.305 e. The molecule has 0 saturated heterocycles. The van der Waals surface area contributed by atoms with Gasteiger partial charge in [0.2, 0.25) is 11.8 Å². The minimum atomic E-state index is -1.10. The van der Waals surface area contributed by atoms with Crippen molar-refractivity contribution in [2.45, 2.75) is 39.2 Å². The van der Waals surface area contributed by atoms with Crippen molar-refractivity contribution >= 4 is 39.9 Å². The summed E-state index contributed by atoms with van der Waals surface area (Å²) in [6, 6.07) is 14.8. The van der Waals surface area contributed by atoms with Crippen LogP contribution in [0.25, 0.3) is 26.8 Å². The monoisotopic (exact) mass is 801 g/mol. The highest BCUT2D eigenvalue weighted by Gasteiger charge is 2.18. The fourth-order valence-corrected chi connectivity index (χ4v) is 5.45. The number of hydrogen-bond acceptors (Lipinski definition) is 11. The molecule has 1 atom stereocenters. The van der Waals surface area contributed by atoms with E-state index < -0.39 is 17.9 Å². The van der Waals surface area contributed by atoms with Crippen LogP contribution in [0.1, 0.15) is 37.3 Å². The quantitative estimate of drug-likeness (QED) is 0.0208. The number of ether oxygens (including phenoxy) is 5. The highest BCUT2D eigenvalue weighted by molar-refractivity contribution is 5.97. The summed E-state index contributed by atoms with van der Waals surface area (Å²) >= 11 is 0. The van der Waals surface area contributed by atoms with Crippen LogP contribution >= 0.6 is 0 Å². The van der Waals surface area contributed by atoms with E-state index in [4.69, 9.17) is 29.2 Å². The van der Waals surface area contributed by atoms with Gasteiger partial charge in [0.25, 0.3) is 0 Å². The van der Waals surface area contributed by atoms with Crippen LogP contribution in [0.15, 0.2) is 90.2 Å². The summed E-state index contributed by atoms with van der Waals surface area (Å²) in [5.41, 5.74) is 11.6. The van der Waals surface area contributed by atoms with E-state index in [-0.39, 0.29) is 25.3 Å². The molecule has 0 aliphatic carbocycles. The van der Waals surface area contributed by atoms with Crippen molar-refractivity contribution < 1.29 is 43.2 Å².